The van der Waals surface area contributed by atoms with Gasteiger partial charge in [-0.15, -0.1) is 0 Å². The van der Waals surface area contributed by atoms with Gasteiger partial charge in [0.15, 0.2) is 0 Å². The molecule has 2 N–H and O–H groups in total. The van der Waals surface area contributed by atoms with Crippen LogP contribution in [0.3, 0.4) is 0 Å². The summed E-state index contributed by atoms with van der Waals surface area (Å²) in [6.45, 7) is 5.80. The SMILES string of the molecule is CC(CN(C)C(C)C(=O)NC(C)c1ccc2c(c1)CCCC2)C(=O)O. The van der Waals surface area contributed by atoms with E-state index in [1.54, 1.807) is 18.9 Å². The number of hydrogen-bond donors (Lipinski definition) is 2. The van der Waals surface area contributed by atoms with Crippen LogP contribution < -0.4 is 5.32 Å². The number of hydrogen-bond acceptors (Lipinski definition) is 3. The Balaban J connectivity index is 1.96. The Labute approximate surface area is 150 Å². The average Bonchev–Trinajstić information content (AvgIpc) is 2.60. The first-order valence-corrected chi connectivity index (χ1v) is 9.14. The zero-order chi connectivity index (χ0) is 18.6. The van der Waals surface area contributed by atoms with E-state index in [2.05, 4.69) is 23.5 Å². The standard InChI is InChI=1S/C20H30N2O3/c1-13(20(24)25)12-22(4)15(3)19(23)21-14(2)17-10-9-16-7-5-6-8-18(16)11-17/h9-11,13-15H,5-8,12H2,1-4H3,(H,21,23)(H,24,25). The Morgan fingerprint density at radius 2 is 1.80 bits per heavy atom. The number of aliphatic carboxylic acids is 1. The number of carbonyl (C=O) groups excluding carboxylic acids is 1. The molecule has 0 fully saturated rings. The van der Waals surface area contributed by atoms with Crippen molar-refractivity contribution in [2.45, 2.75) is 58.5 Å². The fraction of sp³-hybridized carbons (Fsp3) is 0.600. The van der Waals surface area contributed by atoms with Crippen molar-refractivity contribution < 1.29 is 14.7 Å². The minimum absolute atomic E-state index is 0.0625. The third-order valence-corrected chi connectivity index (χ3v) is 5.26. The molecule has 1 aliphatic rings. The van der Waals surface area contributed by atoms with Gasteiger partial charge in [0.05, 0.1) is 18.0 Å². The van der Waals surface area contributed by atoms with Crippen LogP contribution in [0.15, 0.2) is 18.2 Å². The summed E-state index contributed by atoms with van der Waals surface area (Å²) in [4.78, 5) is 25.3. The molecule has 0 saturated heterocycles. The molecular weight excluding hydrogens is 316 g/mol. The van der Waals surface area contributed by atoms with Crippen LogP contribution >= 0.6 is 0 Å². The first-order valence-electron chi connectivity index (χ1n) is 9.14. The molecule has 1 amide bonds. The zero-order valence-electron chi connectivity index (χ0n) is 15.7. The van der Waals surface area contributed by atoms with E-state index in [9.17, 15) is 9.59 Å². The molecule has 1 aromatic carbocycles. The Bertz CT molecular complexity index is 629. The van der Waals surface area contributed by atoms with Crippen LogP contribution in [0.4, 0.5) is 0 Å². The maximum Gasteiger partial charge on any atom is 0.307 e. The normalized spacial score (nSPS) is 17.5. The summed E-state index contributed by atoms with van der Waals surface area (Å²) < 4.78 is 0. The van der Waals surface area contributed by atoms with Gasteiger partial charge in [0.2, 0.25) is 5.91 Å². The summed E-state index contributed by atoms with van der Waals surface area (Å²) in [7, 11) is 1.78. The number of aryl methyl sites for hydroxylation is 2. The minimum atomic E-state index is -0.845. The highest BCUT2D eigenvalue weighted by molar-refractivity contribution is 5.81. The van der Waals surface area contributed by atoms with Crippen LogP contribution in [0.25, 0.3) is 0 Å². The van der Waals surface area contributed by atoms with Gasteiger partial charge in [-0.05, 0) is 63.3 Å². The van der Waals surface area contributed by atoms with Crippen LogP contribution in [-0.4, -0.2) is 41.5 Å². The van der Waals surface area contributed by atoms with Crippen LogP contribution in [-0.2, 0) is 22.4 Å². The van der Waals surface area contributed by atoms with Crippen LogP contribution in [0.2, 0.25) is 0 Å². The number of carboxylic acid groups (broad SMARTS) is 1. The highest BCUT2D eigenvalue weighted by Crippen LogP contribution is 2.24. The van der Waals surface area contributed by atoms with E-state index < -0.39 is 11.9 Å². The smallest absolute Gasteiger partial charge is 0.307 e. The number of likely N-dealkylation sites (N-methyl/N-ethyl adjacent to an activating group) is 1. The Morgan fingerprint density at radius 3 is 2.44 bits per heavy atom. The average molecular weight is 346 g/mol. The first kappa shape index (κ1) is 19.4. The van der Waals surface area contributed by atoms with E-state index in [4.69, 9.17) is 5.11 Å². The molecule has 0 spiro atoms. The van der Waals surface area contributed by atoms with Gasteiger partial charge >= 0.3 is 5.97 Å². The van der Waals surface area contributed by atoms with E-state index in [-0.39, 0.29) is 18.0 Å². The lowest BCUT2D eigenvalue weighted by atomic mass is 9.89. The molecule has 1 aromatic rings. The Hall–Kier alpha value is -1.88. The van der Waals surface area contributed by atoms with Crippen molar-refractivity contribution in [3.8, 4) is 0 Å². The molecule has 5 nitrogen and oxygen atoms in total. The number of rotatable bonds is 7. The third-order valence-electron chi connectivity index (χ3n) is 5.26. The maximum atomic E-state index is 12.5. The molecule has 0 heterocycles. The van der Waals surface area contributed by atoms with Crippen molar-refractivity contribution in [2.24, 2.45) is 5.92 Å². The molecule has 0 radical (unpaired) electrons. The lowest BCUT2D eigenvalue weighted by molar-refractivity contribution is -0.142. The molecule has 0 saturated carbocycles. The Morgan fingerprint density at radius 1 is 1.16 bits per heavy atom. The highest BCUT2D eigenvalue weighted by atomic mass is 16.4. The van der Waals surface area contributed by atoms with Gasteiger partial charge < -0.3 is 10.4 Å². The van der Waals surface area contributed by atoms with Crippen molar-refractivity contribution in [3.05, 3.63) is 34.9 Å². The van der Waals surface area contributed by atoms with Gasteiger partial charge in [0, 0.05) is 6.54 Å². The molecule has 25 heavy (non-hydrogen) atoms. The van der Waals surface area contributed by atoms with Crippen molar-refractivity contribution in [1.29, 1.82) is 0 Å². The fourth-order valence-corrected chi connectivity index (χ4v) is 3.31. The van der Waals surface area contributed by atoms with Gasteiger partial charge in [-0.3, -0.25) is 14.5 Å². The van der Waals surface area contributed by atoms with E-state index >= 15 is 0 Å². The summed E-state index contributed by atoms with van der Waals surface area (Å²) in [5.74, 6) is -1.43. The molecule has 138 valence electrons. The van der Waals surface area contributed by atoms with E-state index in [1.165, 1.54) is 24.0 Å². The highest BCUT2D eigenvalue weighted by Gasteiger charge is 2.23. The molecule has 3 atom stereocenters. The molecule has 5 heteroatoms. The summed E-state index contributed by atoms with van der Waals surface area (Å²) in [6.07, 6.45) is 4.77. The lowest BCUT2D eigenvalue weighted by Gasteiger charge is -2.27. The fourth-order valence-electron chi connectivity index (χ4n) is 3.31. The minimum Gasteiger partial charge on any atom is -0.481 e. The predicted molar refractivity (Wildman–Crippen MR) is 98.5 cm³/mol. The van der Waals surface area contributed by atoms with Crippen LogP contribution in [0.1, 0.15) is 56.3 Å². The van der Waals surface area contributed by atoms with E-state index in [0.717, 1.165) is 18.4 Å². The number of fused-ring (bicyclic) bond motifs is 1. The molecule has 3 unspecified atom stereocenters. The van der Waals surface area contributed by atoms with Gasteiger partial charge in [0.1, 0.15) is 0 Å². The number of carboxylic acids is 1. The molecule has 2 rings (SSSR count). The lowest BCUT2D eigenvalue weighted by Crippen LogP contribution is -2.46. The van der Waals surface area contributed by atoms with E-state index in [0.29, 0.717) is 6.54 Å². The van der Waals surface area contributed by atoms with Gasteiger partial charge in [-0.1, -0.05) is 25.1 Å². The van der Waals surface area contributed by atoms with Crippen LogP contribution in [0, 0.1) is 5.92 Å². The van der Waals surface area contributed by atoms with Gasteiger partial charge in [0.25, 0.3) is 0 Å². The van der Waals surface area contributed by atoms with Crippen molar-refractivity contribution in [2.75, 3.05) is 13.6 Å². The number of nitrogens with zero attached hydrogens (tertiary/aromatic N) is 1. The number of carbonyl (C=O) groups is 2. The second kappa shape index (κ2) is 8.48. The predicted octanol–water partition coefficient (Wildman–Crippen LogP) is 2.78. The Kier molecular flexibility index (Phi) is 6.59. The van der Waals surface area contributed by atoms with Gasteiger partial charge in [-0.25, -0.2) is 0 Å². The quantitative estimate of drug-likeness (QED) is 0.796. The van der Waals surface area contributed by atoms with Crippen molar-refractivity contribution >= 4 is 11.9 Å². The summed E-state index contributed by atoms with van der Waals surface area (Å²) in [6, 6.07) is 6.08. The van der Waals surface area contributed by atoms with Gasteiger partial charge in [-0.2, -0.15) is 0 Å². The number of nitrogens with one attached hydrogen (secondary N) is 1. The van der Waals surface area contributed by atoms with Crippen molar-refractivity contribution in [1.82, 2.24) is 10.2 Å². The molecular formula is C20H30N2O3. The van der Waals surface area contributed by atoms with Crippen LogP contribution in [0.5, 0.6) is 0 Å². The first-order chi connectivity index (χ1) is 11.8. The summed E-state index contributed by atoms with van der Waals surface area (Å²) in [5, 5.41) is 12.1. The summed E-state index contributed by atoms with van der Waals surface area (Å²) in [5.41, 5.74) is 3.97. The largest absolute Gasteiger partial charge is 0.481 e. The monoisotopic (exact) mass is 346 g/mol. The zero-order valence-corrected chi connectivity index (χ0v) is 15.7. The number of benzene rings is 1. The molecule has 0 aliphatic heterocycles. The molecule has 1 aliphatic carbocycles. The maximum absolute atomic E-state index is 12.5. The number of amides is 1. The second-order valence-corrected chi connectivity index (χ2v) is 7.32. The van der Waals surface area contributed by atoms with Crippen molar-refractivity contribution in [3.63, 3.8) is 0 Å². The molecule has 0 aromatic heterocycles. The van der Waals surface area contributed by atoms with E-state index in [1.807, 2.05) is 13.8 Å². The topological polar surface area (TPSA) is 69.6 Å². The second-order valence-electron chi connectivity index (χ2n) is 7.32. The summed E-state index contributed by atoms with van der Waals surface area (Å²) >= 11 is 0. The third kappa shape index (κ3) is 5.05. The molecule has 0 bridgehead atoms.